The number of carbonyl (C=O) groups is 2. The van der Waals surface area contributed by atoms with Gasteiger partial charge in [-0.05, 0) is 31.6 Å². The largest absolute Gasteiger partial charge is 0.345 e. The van der Waals surface area contributed by atoms with Crippen molar-refractivity contribution in [2.75, 3.05) is 13.1 Å². The molecule has 2 amide bonds. The van der Waals surface area contributed by atoms with E-state index >= 15 is 0 Å². The van der Waals surface area contributed by atoms with Crippen molar-refractivity contribution in [3.05, 3.63) is 11.9 Å². The predicted octanol–water partition coefficient (Wildman–Crippen LogP) is 1.77. The zero-order chi connectivity index (χ0) is 18.2. The van der Waals surface area contributed by atoms with Crippen LogP contribution in [0, 0.1) is 5.92 Å². The Morgan fingerprint density at radius 3 is 2.60 bits per heavy atom. The fourth-order valence-electron chi connectivity index (χ4n) is 3.41. The van der Waals surface area contributed by atoms with Crippen LogP contribution in [0.15, 0.2) is 6.20 Å². The fourth-order valence-corrected chi connectivity index (χ4v) is 3.41. The molecule has 2 heterocycles. The number of piperidine rings is 1. The lowest BCUT2D eigenvalue weighted by Gasteiger charge is -2.34. The van der Waals surface area contributed by atoms with Crippen molar-refractivity contribution in [3.63, 3.8) is 0 Å². The van der Waals surface area contributed by atoms with Gasteiger partial charge in [-0.2, -0.15) is 0 Å². The highest BCUT2D eigenvalue weighted by Crippen LogP contribution is 2.20. The highest BCUT2D eigenvalue weighted by atomic mass is 16.2. The Morgan fingerprint density at radius 2 is 2.00 bits per heavy atom. The average Bonchev–Trinajstić information content (AvgIpc) is 3.01. The second kappa shape index (κ2) is 9.53. The van der Waals surface area contributed by atoms with Gasteiger partial charge in [0.25, 0.3) is 0 Å². The minimum absolute atomic E-state index is 0.0569. The number of nitrogens with one attached hydrogen (secondary N) is 1. The summed E-state index contributed by atoms with van der Waals surface area (Å²) in [6.07, 6.45) is 7.58. The summed E-state index contributed by atoms with van der Waals surface area (Å²) in [7, 11) is 0. The molecule has 1 aliphatic rings. The van der Waals surface area contributed by atoms with Gasteiger partial charge in [0.05, 0.1) is 5.69 Å². The highest BCUT2D eigenvalue weighted by Gasteiger charge is 2.28. The van der Waals surface area contributed by atoms with Gasteiger partial charge in [0, 0.05) is 32.8 Å². The minimum atomic E-state index is -0.383. The maximum atomic E-state index is 12.6. The van der Waals surface area contributed by atoms with Crippen LogP contribution in [0.2, 0.25) is 0 Å². The topological polar surface area (TPSA) is 80.1 Å². The van der Waals surface area contributed by atoms with E-state index in [9.17, 15) is 9.59 Å². The lowest BCUT2D eigenvalue weighted by Crippen LogP contribution is -2.50. The number of hydrogen-bond donors (Lipinski definition) is 1. The molecule has 0 saturated carbocycles. The van der Waals surface area contributed by atoms with Gasteiger partial charge in [-0.1, -0.05) is 31.9 Å². The number of aryl methyl sites for hydroxylation is 1. The van der Waals surface area contributed by atoms with Gasteiger partial charge < -0.3 is 10.2 Å². The first-order chi connectivity index (χ1) is 12.0. The van der Waals surface area contributed by atoms with Gasteiger partial charge >= 0.3 is 0 Å². The molecule has 1 fully saturated rings. The summed E-state index contributed by atoms with van der Waals surface area (Å²) in [5.41, 5.74) is 1.05. The zero-order valence-electron chi connectivity index (χ0n) is 15.7. The lowest BCUT2D eigenvalue weighted by atomic mass is 9.96. The number of nitrogens with zero attached hydrogens (tertiary/aromatic N) is 4. The van der Waals surface area contributed by atoms with Crippen molar-refractivity contribution in [2.24, 2.45) is 5.92 Å². The summed E-state index contributed by atoms with van der Waals surface area (Å²) in [5, 5.41) is 11.2. The van der Waals surface area contributed by atoms with E-state index in [1.54, 1.807) is 0 Å². The van der Waals surface area contributed by atoms with E-state index in [4.69, 9.17) is 0 Å². The van der Waals surface area contributed by atoms with Gasteiger partial charge in [-0.15, -0.1) is 5.10 Å². The van der Waals surface area contributed by atoms with E-state index in [2.05, 4.69) is 22.6 Å². The van der Waals surface area contributed by atoms with Crippen LogP contribution < -0.4 is 5.32 Å². The van der Waals surface area contributed by atoms with Gasteiger partial charge in [0.2, 0.25) is 11.8 Å². The van der Waals surface area contributed by atoms with E-state index in [1.165, 1.54) is 6.92 Å². The minimum Gasteiger partial charge on any atom is -0.345 e. The number of likely N-dealkylation sites (tertiary alicyclic amines) is 1. The molecule has 0 aromatic carbocycles. The first-order valence-corrected chi connectivity index (χ1v) is 9.48. The maximum Gasteiger partial charge on any atom is 0.245 e. The highest BCUT2D eigenvalue weighted by molar-refractivity contribution is 5.86. The third kappa shape index (κ3) is 5.83. The maximum absolute atomic E-state index is 12.6. The van der Waals surface area contributed by atoms with Crippen LogP contribution >= 0.6 is 0 Å². The number of aromatic nitrogens is 3. The summed E-state index contributed by atoms with van der Waals surface area (Å²) in [6, 6.07) is -0.383. The van der Waals surface area contributed by atoms with Crippen LogP contribution in [0.25, 0.3) is 0 Å². The van der Waals surface area contributed by atoms with Gasteiger partial charge in [-0.3, -0.25) is 14.3 Å². The van der Waals surface area contributed by atoms with Crippen molar-refractivity contribution in [1.82, 2.24) is 25.2 Å². The molecule has 7 nitrogen and oxygen atoms in total. The summed E-state index contributed by atoms with van der Waals surface area (Å²) in [5.74, 6) is 0.433. The third-order valence-electron chi connectivity index (χ3n) is 4.72. The predicted molar refractivity (Wildman–Crippen MR) is 95.8 cm³/mol. The van der Waals surface area contributed by atoms with E-state index in [-0.39, 0.29) is 17.9 Å². The van der Waals surface area contributed by atoms with Crippen LogP contribution in [-0.4, -0.2) is 50.8 Å². The number of amides is 2. The summed E-state index contributed by atoms with van der Waals surface area (Å²) < 4.78 is 1.93. The van der Waals surface area contributed by atoms with E-state index in [0.29, 0.717) is 12.3 Å². The standard InChI is InChI=1S/C18H31N5O2/c1-4-6-16-13-23(21-20-16)12-15-8-10-22(11-9-15)18(25)17(7-5-2)19-14(3)24/h13,15,17H,4-12H2,1-3H3,(H,19,24)/t17-/m0/s1. The molecular formula is C18H31N5O2. The molecule has 0 aliphatic carbocycles. The first kappa shape index (κ1) is 19.4. The molecule has 1 aromatic rings. The summed E-state index contributed by atoms with van der Waals surface area (Å²) in [6.45, 7) is 7.99. The second-order valence-electron chi connectivity index (χ2n) is 6.99. The Morgan fingerprint density at radius 1 is 1.28 bits per heavy atom. The molecule has 0 bridgehead atoms. The quantitative estimate of drug-likeness (QED) is 0.776. The van der Waals surface area contributed by atoms with Crippen LogP contribution in [0.4, 0.5) is 0 Å². The molecule has 1 aliphatic heterocycles. The van der Waals surface area contributed by atoms with Crippen LogP contribution in [0.3, 0.4) is 0 Å². The number of rotatable bonds is 8. The lowest BCUT2D eigenvalue weighted by molar-refractivity contribution is -0.137. The Hall–Kier alpha value is -1.92. The fraction of sp³-hybridized carbons (Fsp3) is 0.778. The van der Waals surface area contributed by atoms with Gasteiger partial charge in [0.1, 0.15) is 6.04 Å². The SMILES string of the molecule is CCCc1cn(CC2CCN(C(=O)[C@H](CCC)NC(C)=O)CC2)nn1. The molecule has 0 spiro atoms. The van der Waals surface area contributed by atoms with E-state index < -0.39 is 0 Å². The van der Waals surface area contributed by atoms with Crippen molar-refractivity contribution < 1.29 is 9.59 Å². The molecule has 7 heteroatoms. The Kier molecular flexibility index (Phi) is 7.40. The molecule has 1 N–H and O–H groups in total. The Bertz CT molecular complexity index is 564. The van der Waals surface area contributed by atoms with E-state index in [1.807, 2.05) is 22.7 Å². The molecule has 2 rings (SSSR count). The van der Waals surface area contributed by atoms with Gasteiger partial charge in [0.15, 0.2) is 0 Å². The van der Waals surface area contributed by atoms with Crippen LogP contribution in [0.5, 0.6) is 0 Å². The third-order valence-corrected chi connectivity index (χ3v) is 4.72. The normalized spacial score (nSPS) is 16.7. The molecule has 0 radical (unpaired) electrons. The van der Waals surface area contributed by atoms with Crippen LogP contribution in [0.1, 0.15) is 58.6 Å². The monoisotopic (exact) mass is 349 g/mol. The van der Waals surface area contributed by atoms with Gasteiger partial charge in [-0.25, -0.2) is 0 Å². The van der Waals surface area contributed by atoms with Crippen LogP contribution in [-0.2, 0) is 22.6 Å². The molecule has 1 saturated heterocycles. The smallest absolute Gasteiger partial charge is 0.245 e. The second-order valence-corrected chi connectivity index (χ2v) is 6.99. The van der Waals surface area contributed by atoms with Crippen molar-refractivity contribution in [2.45, 2.75) is 71.9 Å². The summed E-state index contributed by atoms with van der Waals surface area (Å²) >= 11 is 0. The van der Waals surface area contributed by atoms with Crippen molar-refractivity contribution >= 4 is 11.8 Å². The first-order valence-electron chi connectivity index (χ1n) is 9.48. The molecule has 25 heavy (non-hydrogen) atoms. The zero-order valence-corrected chi connectivity index (χ0v) is 15.7. The summed E-state index contributed by atoms with van der Waals surface area (Å²) in [4.78, 5) is 25.9. The molecule has 0 unspecified atom stereocenters. The number of carbonyl (C=O) groups excluding carboxylic acids is 2. The molecule has 1 atom stereocenters. The van der Waals surface area contributed by atoms with Crippen molar-refractivity contribution in [1.29, 1.82) is 0 Å². The number of hydrogen-bond acceptors (Lipinski definition) is 4. The Balaban J connectivity index is 1.83. The molecular weight excluding hydrogens is 318 g/mol. The molecule has 1 aromatic heterocycles. The molecule has 140 valence electrons. The average molecular weight is 349 g/mol. The van der Waals surface area contributed by atoms with Crippen molar-refractivity contribution in [3.8, 4) is 0 Å². The Labute approximate surface area is 150 Å². The van der Waals surface area contributed by atoms with E-state index in [0.717, 1.165) is 57.4 Å².